The molecule has 2 rings (SSSR count). The molecular formula is C16H19BCl2N2O4. The lowest BCUT2D eigenvalue weighted by Crippen LogP contribution is -2.51. The van der Waals surface area contributed by atoms with E-state index in [0.29, 0.717) is 15.6 Å². The molecule has 1 fully saturated rings. The van der Waals surface area contributed by atoms with Crippen LogP contribution in [0.1, 0.15) is 18.4 Å². The van der Waals surface area contributed by atoms with Crippen molar-refractivity contribution in [1.82, 2.24) is 10.2 Å². The number of hydrogen-bond acceptors (Lipinski definition) is 4. The number of nitrogens with one attached hydrogen (secondary N) is 1. The first-order valence-electron chi connectivity index (χ1n) is 7.84. The summed E-state index contributed by atoms with van der Waals surface area (Å²) >= 11 is 11.8. The highest BCUT2D eigenvalue weighted by Crippen LogP contribution is 2.27. The summed E-state index contributed by atoms with van der Waals surface area (Å²) < 4.78 is 0. The smallest absolute Gasteiger partial charge is 0.426 e. The van der Waals surface area contributed by atoms with E-state index in [1.807, 2.05) is 0 Å². The van der Waals surface area contributed by atoms with Gasteiger partial charge in [-0.2, -0.15) is 0 Å². The lowest BCUT2D eigenvalue weighted by Gasteiger charge is -2.23. The molecule has 25 heavy (non-hydrogen) atoms. The van der Waals surface area contributed by atoms with Crippen LogP contribution in [0.5, 0.6) is 0 Å². The van der Waals surface area contributed by atoms with Crippen LogP contribution in [-0.2, 0) is 16.0 Å². The Morgan fingerprint density at radius 2 is 2.04 bits per heavy atom. The molecule has 1 atom stereocenters. The SMILES string of the molecule is C=CC(=O)N(CC(=O)NC(Cc1ccc(Cl)c(Cl)c1)B(O)O)C1CC1. The lowest BCUT2D eigenvalue weighted by atomic mass is 9.76. The summed E-state index contributed by atoms with van der Waals surface area (Å²) in [4.78, 5) is 25.5. The van der Waals surface area contributed by atoms with E-state index < -0.39 is 19.0 Å². The molecule has 134 valence electrons. The second kappa shape index (κ2) is 8.71. The van der Waals surface area contributed by atoms with Gasteiger partial charge in [0.2, 0.25) is 11.8 Å². The minimum Gasteiger partial charge on any atom is -0.426 e. The molecule has 0 aliphatic heterocycles. The van der Waals surface area contributed by atoms with Crippen molar-refractivity contribution in [2.75, 3.05) is 6.54 Å². The van der Waals surface area contributed by atoms with Gasteiger partial charge in [0.15, 0.2) is 0 Å². The molecule has 0 aromatic heterocycles. The number of halogens is 2. The van der Waals surface area contributed by atoms with Gasteiger partial charge >= 0.3 is 7.12 Å². The van der Waals surface area contributed by atoms with Crippen molar-refractivity contribution < 1.29 is 19.6 Å². The van der Waals surface area contributed by atoms with Crippen molar-refractivity contribution in [3.63, 3.8) is 0 Å². The van der Waals surface area contributed by atoms with E-state index in [4.69, 9.17) is 23.2 Å². The first-order valence-corrected chi connectivity index (χ1v) is 8.60. The van der Waals surface area contributed by atoms with Gasteiger partial charge in [-0.1, -0.05) is 35.8 Å². The molecule has 9 heteroatoms. The van der Waals surface area contributed by atoms with Crippen LogP contribution in [0.15, 0.2) is 30.9 Å². The van der Waals surface area contributed by atoms with Crippen LogP contribution in [-0.4, -0.2) is 52.4 Å². The summed E-state index contributed by atoms with van der Waals surface area (Å²) in [6.07, 6.45) is 3.02. The quantitative estimate of drug-likeness (QED) is 0.464. The number of nitrogens with zero attached hydrogens (tertiary/aromatic N) is 1. The Morgan fingerprint density at radius 1 is 1.36 bits per heavy atom. The van der Waals surface area contributed by atoms with Gasteiger partial charge in [0, 0.05) is 6.04 Å². The van der Waals surface area contributed by atoms with Gasteiger partial charge in [0.25, 0.3) is 0 Å². The second-order valence-corrected chi connectivity index (χ2v) is 6.76. The first-order chi connectivity index (χ1) is 11.8. The van der Waals surface area contributed by atoms with Crippen molar-refractivity contribution in [3.05, 3.63) is 46.5 Å². The maximum atomic E-state index is 12.2. The molecule has 1 aliphatic carbocycles. The molecule has 0 heterocycles. The van der Waals surface area contributed by atoms with E-state index in [-0.39, 0.29) is 24.9 Å². The zero-order chi connectivity index (χ0) is 18.6. The van der Waals surface area contributed by atoms with Crippen molar-refractivity contribution in [3.8, 4) is 0 Å². The van der Waals surface area contributed by atoms with E-state index in [0.717, 1.165) is 12.8 Å². The summed E-state index contributed by atoms with van der Waals surface area (Å²) in [7, 11) is -1.76. The molecule has 0 radical (unpaired) electrons. The molecule has 2 amide bonds. The zero-order valence-electron chi connectivity index (χ0n) is 13.5. The maximum Gasteiger partial charge on any atom is 0.475 e. The Balaban J connectivity index is 1.99. The molecule has 1 aliphatic rings. The van der Waals surface area contributed by atoms with Crippen LogP contribution in [0, 0.1) is 0 Å². The molecule has 0 spiro atoms. The van der Waals surface area contributed by atoms with E-state index in [2.05, 4.69) is 11.9 Å². The number of carbonyl (C=O) groups excluding carboxylic acids is 2. The molecule has 0 saturated heterocycles. The van der Waals surface area contributed by atoms with Crippen molar-refractivity contribution >= 4 is 42.1 Å². The first kappa shape index (κ1) is 19.8. The fourth-order valence-corrected chi connectivity index (χ4v) is 2.77. The third-order valence-electron chi connectivity index (χ3n) is 3.91. The van der Waals surface area contributed by atoms with Gasteiger partial charge < -0.3 is 20.3 Å². The van der Waals surface area contributed by atoms with Gasteiger partial charge in [-0.25, -0.2) is 0 Å². The zero-order valence-corrected chi connectivity index (χ0v) is 15.0. The normalized spacial score (nSPS) is 14.6. The molecular weight excluding hydrogens is 366 g/mol. The van der Waals surface area contributed by atoms with Crippen LogP contribution in [0.3, 0.4) is 0 Å². The molecule has 1 saturated carbocycles. The fraction of sp³-hybridized carbons (Fsp3) is 0.375. The van der Waals surface area contributed by atoms with E-state index in [9.17, 15) is 19.6 Å². The number of carbonyl (C=O) groups is 2. The number of benzene rings is 1. The number of amides is 2. The number of rotatable bonds is 8. The van der Waals surface area contributed by atoms with Gasteiger partial charge in [-0.3, -0.25) is 9.59 Å². The van der Waals surface area contributed by atoms with Crippen LogP contribution in [0.2, 0.25) is 10.0 Å². The summed E-state index contributed by atoms with van der Waals surface area (Å²) in [5.74, 6) is -1.73. The molecule has 1 aromatic carbocycles. The molecule has 6 nitrogen and oxygen atoms in total. The third-order valence-corrected chi connectivity index (χ3v) is 4.64. The second-order valence-electron chi connectivity index (χ2n) is 5.94. The minimum absolute atomic E-state index is 0.0452. The summed E-state index contributed by atoms with van der Waals surface area (Å²) in [5.41, 5.74) is 0.689. The summed E-state index contributed by atoms with van der Waals surface area (Å²) in [5, 5.41) is 22.4. The molecule has 3 N–H and O–H groups in total. The van der Waals surface area contributed by atoms with Crippen molar-refractivity contribution in [1.29, 1.82) is 0 Å². The monoisotopic (exact) mass is 384 g/mol. The van der Waals surface area contributed by atoms with E-state index >= 15 is 0 Å². The standard InChI is InChI=1S/C16H19BCl2N2O4/c1-2-16(23)21(11-4-5-11)9-15(22)20-14(17(24)25)8-10-3-6-12(18)13(19)7-10/h2-3,6-7,11,14,24-25H,1,4-5,8-9H2,(H,20,22). The summed E-state index contributed by atoms with van der Waals surface area (Å²) in [6, 6.07) is 4.93. The molecule has 0 bridgehead atoms. The van der Waals surface area contributed by atoms with Crippen LogP contribution in [0.4, 0.5) is 0 Å². The lowest BCUT2D eigenvalue weighted by molar-refractivity contribution is -0.133. The molecule has 1 aromatic rings. The van der Waals surface area contributed by atoms with Gasteiger partial charge in [0.1, 0.15) is 6.54 Å². The van der Waals surface area contributed by atoms with Crippen molar-refractivity contribution in [2.24, 2.45) is 0 Å². The molecule has 1 unspecified atom stereocenters. The van der Waals surface area contributed by atoms with Gasteiger partial charge in [-0.15, -0.1) is 0 Å². The summed E-state index contributed by atoms with van der Waals surface area (Å²) in [6.45, 7) is 3.28. The highest BCUT2D eigenvalue weighted by Gasteiger charge is 2.34. The maximum absolute atomic E-state index is 12.2. The van der Waals surface area contributed by atoms with Gasteiger partial charge in [0.05, 0.1) is 16.0 Å². The Bertz CT molecular complexity index is 668. The van der Waals surface area contributed by atoms with E-state index in [1.165, 1.54) is 11.0 Å². The fourth-order valence-electron chi connectivity index (χ4n) is 2.45. The third kappa shape index (κ3) is 5.75. The van der Waals surface area contributed by atoms with Crippen LogP contribution in [0.25, 0.3) is 0 Å². The Kier molecular flexibility index (Phi) is 6.90. The Labute approximate surface area is 156 Å². The van der Waals surface area contributed by atoms with Crippen molar-refractivity contribution in [2.45, 2.75) is 31.2 Å². The van der Waals surface area contributed by atoms with Gasteiger partial charge in [-0.05, 0) is 43.0 Å². The highest BCUT2D eigenvalue weighted by molar-refractivity contribution is 6.44. The Hall–Kier alpha value is -1.54. The average Bonchev–Trinajstić information content (AvgIpc) is 3.39. The average molecular weight is 385 g/mol. The van der Waals surface area contributed by atoms with Crippen LogP contribution >= 0.6 is 23.2 Å². The predicted octanol–water partition coefficient (Wildman–Crippen LogP) is 1.21. The topological polar surface area (TPSA) is 89.9 Å². The van der Waals surface area contributed by atoms with Crippen LogP contribution < -0.4 is 5.32 Å². The van der Waals surface area contributed by atoms with E-state index in [1.54, 1.807) is 18.2 Å². The Morgan fingerprint density at radius 3 is 2.56 bits per heavy atom. The predicted molar refractivity (Wildman–Crippen MR) is 97.2 cm³/mol. The largest absolute Gasteiger partial charge is 0.475 e. The minimum atomic E-state index is -1.76. The highest BCUT2D eigenvalue weighted by atomic mass is 35.5. The number of hydrogen-bond donors (Lipinski definition) is 3.